The predicted molar refractivity (Wildman–Crippen MR) is 72.4 cm³/mol. The fraction of sp³-hybridized carbons (Fsp3) is 0.100. The third-order valence-electron chi connectivity index (χ3n) is 2.08. The van der Waals surface area contributed by atoms with E-state index in [1.165, 1.54) is 4.88 Å². The number of hydrogen-bond donors (Lipinski definition) is 3. The number of nitrogens with two attached hydrogens (primary N) is 2. The van der Waals surface area contributed by atoms with E-state index in [2.05, 4.69) is 26.2 Å². The lowest BCUT2D eigenvalue weighted by molar-refractivity contribution is 1.14. The van der Waals surface area contributed by atoms with Crippen LogP contribution in [0.25, 0.3) is 0 Å². The summed E-state index contributed by atoms with van der Waals surface area (Å²) in [5.74, 6) is 1.09. The zero-order valence-corrected chi connectivity index (χ0v) is 10.8. The second-order valence-corrected chi connectivity index (χ2v) is 5.07. The van der Waals surface area contributed by atoms with Gasteiger partial charge in [-0.2, -0.15) is 0 Å². The molecule has 2 aromatic rings. The average molecular weight is 299 g/mol. The molecule has 0 radical (unpaired) electrons. The van der Waals surface area contributed by atoms with Gasteiger partial charge in [0, 0.05) is 9.35 Å². The quantitative estimate of drug-likeness (QED) is 0.814. The zero-order chi connectivity index (χ0) is 11.5. The van der Waals surface area contributed by atoms with Crippen molar-refractivity contribution >= 4 is 44.6 Å². The normalized spacial score (nSPS) is 10.3. The highest BCUT2D eigenvalue weighted by Gasteiger charge is 2.02. The zero-order valence-electron chi connectivity index (χ0n) is 8.40. The lowest BCUT2D eigenvalue weighted by atomic mass is 10.4. The number of hydrogen-bond acceptors (Lipinski definition) is 5. The van der Waals surface area contributed by atoms with E-state index in [1.807, 2.05) is 17.5 Å². The Morgan fingerprint density at radius 2 is 2.12 bits per heavy atom. The highest BCUT2D eigenvalue weighted by molar-refractivity contribution is 9.10. The molecule has 0 spiro atoms. The molecule has 2 aromatic heterocycles. The van der Waals surface area contributed by atoms with Crippen LogP contribution < -0.4 is 16.8 Å². The molecular formula is C10H11BrN4S. The molecule has 0 fully saturated rings. The van der Waals surface area contributed by atoms with Crippen LogP contribution in [0.1, 0.15) is 4.88 Å². The van der Waals surface area contributed by atoms with Crippen LogP contribution in [0, 0.1) is 0 Å². The van der Waals surface area contributed by atoms with E-state index in [1.54, 1.807) is 17.4 Å². The maximum absolute atomic E-state index is 5.62. The molecular weight excluding hydrogens is 288 g/mol. The largest absolute Gasteiger partial charge is 0.396 e. The Hall–Kier alpha value is -1.27. The van der Waals surface area contributed by atoms with Crippen molar-refractivity contribution in [2.75, 3.05) is 16.8 Å². The summed E-state index contributed by atoms with van der Waals surface area (Å²) < 4.78 is 1.11. The molecule has 6 heteroatoms. The molecule has 0 bridgehead atoms. The van der Waals surface area contributed by atoms with E-state index < -0.39 is 0 Å². The number of rotatable bonds is 3. The van der Waals surface area contributed by atoms with Gasteiger partial charge in [0.1, 0.15) is 11.6 Å². The fourth-order valence-corrected chi connectivity index (χ4v) is 2.64. The second-order valence-electron chi connectivity index (χ2n) is 3.22. The third-order valence-corrected chi connectivity index (χ3v) is 4.00. The lowest BCUT2D eigenvalue weighted by Gasteiger charge is -2.06. The first kappa shape index (κ1) is 11.2. The summed E-state index contributed by atoms with van der Waals surface area (Å²) in [5.41, 5.74) is 11.7. The molecule has 0 atom stereocenters. The number of thiophene rings is 1. The molecule has 0 aromatic carbocycles. The first-order chi connectivity index (χ1) is 7.66. The molecule has 84 valence electrons. The van der Waals surface area contributed by atoms with Crippen LogP contribution in [-0.2, 0) is 6.54 Å². The Labute approximate surface area is 106 Å². The van der Waals surface area contributed by atoms with E-state index in [0.29, 0.717) is 18.1 Å². The standard InChI is InChI=1S/C10H11BrN4S/c11-6-3-4-16-8(6)5-14-9-2-1-7(12)10(13)15-9/h1-4H,5,12H2,(H3,13,14,15). The van der Waals surface area contributed by atoms with Crippen LogP contribution in [0.5, 0.6) is 0 Å². The molecule has 2 heterocycles. The number of aromatic nitrogens is 1. The van der Waals surface area contributed by atoms with Crippen molar-refractivity contribution in [3.63, 3.8) is 0 Å². The maximum atomic E-state index is 5.62. The number of nitrogens with one attached hydrogen (secondary N) is 1. The number of halogens is 1. The lowest BCUT2D eigenvalue weighted by Crippen LogP contribution is -2.04. The van der Waals surface area contributed by atoms with Gasteiger partial charge in [0.25, 0.3) is 0 Å². The summed E-state index contributed by atoms with van der Waals surface area (Å²) in [6, 6.07) is 5.58. The van der Waals surface area contributed by atoms with Gasteiger partial charge in [0.05, 0.1) is 12.2 Å². The van der Waals surface area contributed by atoms with Gasteiger partial charge in [0.2, 0.25) is 0 Å². The van der Waals surface area contributed by atoms with E-state index in [0.717, 1.165) is 10.3 Å². The van der Waals surface area contributed by atoms with Crippen LogP contribution in [0.4, 0.5) is 17.3 Å². The summed E-state index contributed by atoms with van der Waals surface area (Å²) in [4.78, 5) is 5.35. The second kappa shape index (κ2) is 4.71. The molecule has 0 saturated carbocycles. The van der Waals surface area contributed by atoms with Crippen molar-refractivity contribution in [1.82, 2.24) is 4.98 Å². The average Bonchev–Trinajstić information content (AvgIpc) is 2.66. The topological polar surface area (TPSA) is 77.0 Å². The molecule has 0 amide bonds. The minimum atomic E-state index is 0.357. The minimum absolute atomic E-state index is 0.357. The number of nitrogen functional groups attached to an aromatic ring is 2. The third kappa shape index (κ3) is 2.45. The van der Waals surface area contributed by atoms with Gasteiger partial charge < -0.3 is 16.8 Å². The van der Waals surface area contributed by atoms with Crippen LogP contribution in [0.2, 0.25) is 0 Å². The Morgan fingerprint density at radius 3 is 2.75 bits per heavy atom. The monoisotopic (exact) mass is 298 g/mol. The van der Waals surface area contributed by atoms with Crippen molar-refractivity contribution in [3.05, 3.63) is 32.9 Å². The van der Waals surface area contributed by atoms with Crippen LogP contribution in [0.15, 0.2) is 28.1 Å². The number of nitrogens with zero attached hydrogens (tertiary/aromatic N) is 1. The summed E-state index contributed by atoms with van der Waals surface area (Å²) in [6.45, 7) is 0.717. The number of pyridine rings is 1. The van der Waals surface area contributed by atoms with E-state index in [4.69, 9.17) is 11.5 Å². The smallest absolute Gasteiger partial charge is 0.149 e. The molecule has 5 N–H and O–H groups in total. The van der Waals surface area contributed by atoms with Crippen molar-refractivity contribution in [3.8, 4) is 0 Å². The van der Waals surface area contributed by atoms with Crippen LogP contribution >= 0.6 is 27.3 Å². The Bertz CT molecular complexity index is 497. The summed E-state index contributed by atoms with van der Waals surface area (Å²) in [5, 5.41) is 5.22. The van der Waals surface area contributed by atoms with Gasteiger partial charge in [-0.15, -0.1) is 11.3 Å². The minimum Gasteiger partial charge on any atom is -0.396 e. The first-order valence-electron chi connectivity index (χ1n) is 4.64. The van der Waals surface area contributed by atoms with Gasteiger partial charge in [0.15, 0.2) is 0 Å². The van der Waals surface area contributed by atoms with Gasteiger partial charge in [-0.3, -0.25) is 0 Å². The molecule has 0 aliphatic heterocycles. The van der Waals surface area contributed by atoms with E-state index >= 15 is 0 Å². The summed E-state index contributed by atoms with van der Waals surface area (Å²) >= 11 is 5.15. The van der Waals surface area contributed by atoms with Gasteiger partial charge in [-0.05, 0) is 39.5 Å². The van der Waals surface area contributed by atoms with Crippen molar-refractivity contribution in [2.45, 2.75) is 6.54 Å². The maximum Gasteiger partial charge on any atom is 0.149 e. The van der Waals surface area contributed by atoms with E-state index in [-0.39, 0.29) is 0 Å². The molecule has 0 aliphatic rings. The Kier molecular flexibility index (Phi) is 3.31. The van der Waals surface area contributed by atoms with Crippen LogP contribution in [-0.4, -0.2) is 4.98 Å². The summed E-state index contributed by atoms with van der Waals surface area (Å²) in [6.07, 6.45) is 0. The van der Waals surface area contributed by atoms with Crippen molar-refractivity contribution in [1.29, 1.82) is 0 Å². The molecule has 2 rings (SSSR count). The molecule has 4 nitrogen and oxygen atoms in total. The van der Waals surface area contributed by atoms with Crippen molar-refractivity contribution in [2.24, 2.45) is 0 Å². The van der Waals surface area contributed by atoms with E-state index in [9.17, 15) is 0 Å². The van der Waals surface area contributed by atoms with Gasteiger partial charge >= 0.3 is 0 Å². The highest BCUT2D eigenvalue weighted by Crippen LogP contribution is 2.23. The van der Waals surface area contributed by atoms with Gasteiger partial charge in [-0.25, -0.2) is 4.98 Å². The molecule has 16 heavy (non-hydrogen) atoms. The van der Waals surface area contributed by atoms with Gasteiger partial charge in [-0.1, -0.05) is 0 Å². The predicted octanol–water partition coefficient (Wildman–Crippen LogP) is 2.68. The Morgan fingerprint density at radius 1 is 1.31 bits per heavy atom. The SMILES string of the molecule is Nc1ccc(NCc2sccc2Br)nc1N. The number of anilines is 3. The van der Waals surface area contributed by atoms with Crippen molar-refractivity contribution < 1.29 is 0 Å². The molecule has 0 unspecified atom stereocenters. The fourth-order valence-electron chi connectivity index (χ4n) is 1.21. The molecule has 0 aliphatic carbocycles. The first-order valence-corrected chi connectivity index (χ1v) is 6.32. The Balaban J connectivity index is 2.05. The molecule has 0 saturated heterocycles. The van der Waals surface area contributed by atoms with Crippen LogP contribution in [0.3, 0.4) is 0 Å². The highest BCUT2D eigenvalue weighted by atomic mass is 79.9. The summed E-state index contributed by atoms with van der Waals surface area (Å²) in [7, 11) is 0.